The molecule has 0 spiro atoms. The number of fused-ring (bicyclic) bond motifs is 1. The van der Waals surface area contributed by atoms with Crippen molar-refractivity contribution < 1.29 is 4.74 Å². The molecule has 0 saturated carbocycles. The van der Waals surface area contributed by atoms with Crippen LogP contribution in [-0.2, 0) is 0 Å². The van der Waals surface area contributed by atoms with Crippen molar-refractivity contribution in [3.8, 4) is 5.75 Å². The van der Waals surface area contributed by atoms with Gasteiger partial charge in [0.1, 0.15) is 17.1 Å². The van der Waals surface area contributed by atoms with Crippen LogP contribution in [0.1, 0.15) is 25.3 Å². The molecular weight excluding hydrogens is 248 g/mol. The van der Waals surface area contributed by atoms with Crippen LogP contribution in [0.25, 0.3) is 10.9 Å². The van der Waals surface area contributed by atoms with Gasteiger partial charge >= 0.3 is 0 Å². The molecule has 1 saturated heterocycles. The summed E-state index contributed by atoms with van der Waals surface area (Å²) in [6.45, 7) is 6.70. The Kier molecular flexibility index (Phi) is 3.51. The number of rotatable bonds is 2. The molecule has 2 heterocycles. The van der Waals surface area contributed by atoms with Gasteiger partial charge in [0.25, 0.3) is 0 Å². The number of anilines is 1. The van der Waals surface area contributed by atoms with Gasteiger partial charge in [-0.3, -0.25) is 0 Å². The van der Waals surface area contributed by atoms with E-state index in [4.69, 9.17) is 9.72 Å². The summed E-state index contributed by atoms with van der Waals surface area (Å²) in [4.78, 5) is 7.26. The van der Waals surface area contributed by atoms with Crippen molar-refractivity contribution in [1.82, 2.24) is 4.98 Å². The molecule has 2 aromatic rings. The number of nitrogens with zero attached hydrogens (tertiary/aromatic N) is 2. The third-order valence-electron chi connectivity index (χ3n) is 4.32. The number of aromatic nitrogens is 1. The molecule has 3 nitrogen and oxygen atoms in total. The number of para-hydroxylation sites is 1. The van der Waals surface area contributed by atoms with Crippen molar-refractivity contribution in [2.45, 2.75) is 26.7 Å². The van der Waals surface area contributed by atoms with Gasteiger partial charge in [-0.2, -0.15) is 0 Å². The maximum atomic E-state index is 5.46. The first-order valence-corrected chi connectivity index (χ1v) is 7.38. The van der Waals surface area contributed by atoms with Gasteiger partial charge < -0.3 is 9.64 Å². The molecule has 0 N–H and O–H groups in total. The molecule has 106 valence electrons. The fourth-order valence-corrected chi connectivity index (χ4v) is 2.94. The Morgan fingerprint density at radius 2 is 2.00 bits per heavy atom. The van der Waals surface area contributed by atoms with Crippen molar-refractivity contribution in [3.05, 3.63) is 29.8 Å². The highest BCUT2D eigenvalue weighted by atomic mass is 16.5. The van der Waals surface area contributed by atoms with Crippen molar-refractivity contribution in [2.24, 2.45) is 5.92 Å². The summed E-state index contributed by atoms with van der Waals surface area (Å²) in [5.41, 5.74) is 2.24. The van der Waals surface area contributed by atoms with Gasteiger partial charge in [-0.1, -0.05) is 19.1 Å². The fourth-order valence-electron chi connectivity index (χ4n) is 2.94. The van der Waals surface area contributed by atoms with E-state index in [1.165, 1.54) is 23.8 Å². The Labute approximate surface area is 120 Å². The Morgan fingerprint density at radius 3 is 2.70 bits per heavy atom. The van der Waals surface area contributed by atoms with Crippen LogP contribution >= 0.6 is 0 Å². The van der Waals surface area contributed by atoms with Crippen LogP contribution in [-0.4, -0.2) is 25.2 Å². The summed E-state index contributed by atoms with van der Waals surface area (Å²) in [5.74, 6) is 2.78. The normalized spacial score (nSPS) is 16.6. The van der Waals surface area contributed by atoms with E-state index in [0.717, 1.165) is 36.1 Å². The maximum Gasteiger partial charge on any atom is 0.145 e. The zero-order valence-corrected chi connectivity index (χ0v) is 12.5. The van der Waals surface area contributed by atoms with Crippen LogP contribution in [0.4, 0.5) is 5.82 Å². The average molecular weight is 270 g/mol. The summed E-state index contributed by atoms with van der Waals surface area (Å²) in [7, 11) is 1.71. The molecule has 1 fully saturated rings. The molecule has 1 aliphatic rings. The smallest absolute Gasteiger partial charge is 0.145 e. The lowest BCUT2D eigenvalue weighted by atomic mass is 9.99. The Balaban J connectivity index is 2.04. The minimum Gasteiger partial charge on any atom is -0.494 e. The summed E-state index contributed by atoms with van der Waals surface area (Å²) in [5, 5.41) is 1.18. The molecule has 3 rings (SSSR count). The second-order valence-corrected chi connectivity index (χ2v) is 5.82. The lowest BCUT2D eigenvalue weighted by molar-refractivity contribution is 0.418. The minimum atomic E-state index is 0.835. The van der Waals surface area contributed by atoms with Crippen LogP contribution in [0, 0.1) is 12.8 Å². The van der Waals surface area contributed by atoms with E-state index in [-0.39, 0.29) is 0 Å². The molecule has 0 aliphatic carbocycles. The molecule has 20 heavy (non-hydrogen) atoms. The predicted molar refractivity (Wildman–Crippen MR) is 83.6 cm³/mol. The third-order valence-corrected chi connectivity index (χ3v) is 4.32. The van der Waals surface area contributed by atoms with Crippen LogP contribution in [0.3, 0.4) is 0 Å². The summed E-state index contributed by atoms with van der Waals surface area (Å²) in [6, 6.07) is 8.33. The molecule has 0 unspecified atom stereocenters. The Morgan fingerprint density at radius 1 is 1.25 bits per heavy atom. The quantitative estimate of drug-likeness (QED) is 0.830. The van der Waals surface area contributed by atoms with Gasteiger partial charge in [0, 0.05) is 18.5 Å². The predicted octanol–water partition coefficient (Wildman–Crippen LogP) is 3.79. The second kappa shape index (κ2) is 5.31. The first-order chi connectivity index (χ1) is 9.69. The van der Waals surface area contributed by atoms with E-state index in [0.29, 0.717) is 0 Å². The number of hydrogen-bond acceptors (Lipinski definition) is 3. The summed E-state index contributed by atoms with van der Waals surface area (Å²) >= 11 is 0. The van der Waals surface area contributed by atoms with E-state index >= 15 is 0 Å². The van der Waals surface area contributed by atoms with E-state index < -0.39 is 0 Å². The SMILES string of the molecule is COc1cccc2c(C)cc(N3CCC(C)CC3)nc12. The van der Waals surface area contributed by atoms with Crippen LogP contribution in [0.2, 0.25) is 0 Å². The molecule has 1 aliphatic heterocycles. The molecule has 1 aromatic heterocycles. The van der Waals surface area contributed by atoms with Gasteiger partial charge in [0.05, 0.1) is 7.11 Å². The summed E-state index contributed by atoms with van der Waals surface area (Å²) in [6.07, 6.45) is 2.51. The van der Waals surface area contributed by atoms with Crippen molar-refractivity contribution in [3.63, 3.8) is 0 Å². The third kappa shape index (κ3) is 2.33. The van der Waals surface area contributed by atoms with Gasteiger partial charge in [0.2, 0.25) is 0 Å². The number of pyridine rings is 1. The zero-order chi connectivity index (χ0) is 14.1. The molecule has 0 radical (unpaired) electrons. The van der Waals surface area contributed by atoms with Crippen LogP contribution in [0.5, 0.6) is 5.75 Å². The van der Waals surface area contributed by atoms with Gasteiger partial charge in [0.15, 0.2) is 0 Å². The van der Waals surface area contributed by atoms with Crippen molar-refractivity contribution in [2.75, 3.05) is 25.1 Å². The number of benzene rings is 1. The monoisotopic (exact) mass is 270 g/mol. The van der Waals surface area contributed by atoms with E-state index in [9.17, 15) is 0 Å². The highest BCUT2D eigenvalue weighted by molar-refractivity contribution is 5.88. The number of piperidine rings is 1. The number of methoxy groups -OCH3 is 1. The highest BCUT2D eigenvalue weighted by Gasteiger charge is 2.18. The minimum absolute atomic E-state index is 0.835. The van der Waals surface area contributed by atoms with Gasteiger partial charge in [-0.05, 0) is 43.4 Å². The lowest BCUT2D eigenvalue weighted by Gasteiger charge is -2.31. The maximum absolute atomic E-state index is 5.46. The molecule has 1 aromatic carbocycles. The standard InChI is InChI=1S/C17H22N2O/c1-12-7-9-19(10-8-12)16-11-13(2)14-5-4-6-15(20-3)17(14)18-16/h4-6,11-12H,7-10H2,1-3H3. The lowest BCUT2D eigenvalue weighted by Crippen LogP contribution is -2.33. The number of ether oxygens (including phenoxy) is 1. The fraction of sp³-hybridized carbons (Fsp3) is 0.471. The van der Waals surface area contributed by atoms with Gasteiger partial charge in [-0.15, -0.1) is 0 Å². The van der Waals surface area contributed by atoms with E-state index in [2.05, 4.69) is 30.9 Å². The number of hydrogen-bond donors (Lipinski definition) is 0. The summed E-state index contributed by atoms with van der Waals surface area (Å²) < 4.78 is 5.46. The average Bonchev–Trinajstić information content (AvgIpc) is 2.47. The van der Waals surface area contributed by atoms with Gasteiger partial charge in [-0.25, -0.2) is 4.98 Å². The topological polar surface area (TPSA) is 25.4 Å². The second-order valence-electron chi connectivity index (χ2n) is 5.82. The van der Waals surface area contributed by atoms with E-state index in [1.54, 1.807) is 7.11 Å². The molecule has 3 heteroatoms. The number of aryl methyl sites for hydroxylation is 1. The van der Waals surface area contributed by atoms with E-state index in [1.807, 2.05) is 12.1 Å². The molecule has 0 bridgehead atoms. The molecule has 0 atom stereocenters. The van der Waals surface area contributed by atoms with Crippen molar-refractivity contribution in [1.29, 1.82) is 0 Å². The first kappa shape index (κ1) is 13.2. The van der Waals surface area contributed by atoms with Crippen molar-refractivity contribution >= 4 is 16.7 Å². The zero-order valence-electron chi connectivity index (χ0n) is 12.5. The van der Waals surface area contributed by atoms with Crippen LogP contribution in [0.15, 0.2) is 24.3 Å². The highest BCUT2D eigenvalue weighted by Crippen LogP contribution is 2.30. The Hall–Kier alpha value is -1.77. The Bertz CT molecular complexity index is 616. The molecular formula is C17H22N2O. The molecule has 0 amide bonds. The van der Waals surface area contributed by atoms with Crippen LogP contribution < -0.4 is 9.64 Å². The first-order valence-electron chi connectivity index (χ1n) is 7.38. The largest absolute Gasteiger partial charge is 0.494 e.